The van der Waals surface area contributed by atoms with Gasteiger partial charge in [0.05, 0.1) is 12.3 Å². The van der Waals surface area contributed by atoms with E-state index in [0.29, 0.717) is 18.4 Å². The molecule has 0 unspecified atom stereocenters. The first kappa shape index (κ1) is 13.8. The summed E-state index contributed by atoms with van der Waals surface area (Å²) in [6, 6.07) is 4.25. The normalized spacial score (nSPS) is 12.5. The van der Waals surface area contributed by atoms with Gasteiger partial charge >= 0.3 is 0 Å². The van der Waals surface area contributed by atoms with Crippen molar-refractivity contribution < 1.29 is 9.84 Å². The second-order valence-electron chi connectivity index (χ2n) is 4.30. The maximum atomic E-state index is 9.78. The number of rotatable bonds is 6. The van der Waals surface area contributed by atoms with Crippen LogP contribution in [0.3, 0.4) is 0 Å². The van der Waals surface area contributed by atoms with E-state index in [1.165, 1.54) is 0 Å². The Balaban J connectivity index is 2.68. The molecule has 4 nitrogen and oxygen atoms in total. The second kappa shape index (κ2) is 6.47. The summed E-state index contributed by atoms with van der Waals surface area (Å²) in [4.78, 5) is 0. The van der Waals surface area contributed by atoms with Crippen molar-refractivity contribution in [3.05, 3.63) is 23.3 Å². The summed E-state index contributed by atoms with van der Waals surface area (Å²) >= 11 is 0. The minimum absolute atomic E-state index is 0.312. The maximum absolute atomic E-state index is 9.78. The van der Waals surface area contributed by atoms with E-state index in [9.17, 15) is 5.11 Å². The fourth-order valence-electron chi connectivity index (χ4n) is 1.75. The summed E-state index contributed by atoms with van der Waals surface area (Å²) in [5, 5.41) is 16.1. The van der Waals surface area contributed by atoms with E-state index in [1.54, 1.807) is 14.2 Å². The first-order valence-corrected chi connectivity index (χ1v) is 5.81. The maximum Gasteiger partial charge on any atom is 0.141 e. The highest BCUT2D eigenvalue weighted by atomic mass is 16.5. The molecule has 3 N–H and O–H groups in total. The van der Waals surface area contributed by atoms with Gasteiger partial charge in [0.2, 0.25) is 0 Å². The zero-order valence-corrected chi connectivity index (χ0v) is 11.0. The van der Waals surface area contributed by atoms with Gasteiger partial charge < -0.3 is 20.5 Å². The Hall–Kier alpha value is -1.26. The third-order valence-corrected chi connectivity index (χ3v) is 2.70. The lowest BCUT2D eigenvalue weighted by Crippen LogP contribution is -2.29. The molecule has 0 saturated heterocycles. The Bertz CT molecular complexity index is 367. The highest BCUT2D eigenvalue weighted by Crippen LogP contribution is 2.28. The van der Waals surface area contributed by atoms with Crippen molar-refractivity contribution >= 4 is 5.69 Å². The Morgan fingerprint density at radius 1 is 1.41 bits per heavy atom. The summed E-state index contributed by atoms with van der Waals surface area (Å²) < 4.78 is 5.06. The lowest BCUT2D eigenvalue weighted by atomic mass is 10.1. The number of nitrogens with one attached hydrogen (secondary N) is 2. The molecule has 1 atom stereocenters. The molecule has 0 aliphatic rings. The quantitative estimate of drug-likeness (QED) is 0.662. The highest BCUT2D eigenvalue weighted by Gasteiger charge is 2.06. The topological polar surface area (TPSA) is 53.5 Å². The van der Waals surface area contributed by atoms with Crippen molar-refractivity contribution in [1.82, 2.24) is 5.32 Å². The molecule has 1 rings (SSSR count). The van der Waals surface area contributed by atoms with Gasteiger partial charge in [0.15, 0.2) is 0 Å². The molecule has 0 saturated carbocycles. The van der Waals surface area contributed by atoms with Gasteiger partial charge in [0.1, 0.15) is 5.75 Å². The van der Waals surface area contributed by atoms with Crippen LogP contribution in [0.15, 0.2) is 12.1 Å². The van der Waals surface area contributed by atoms with E-state index in [2.05, 4.69) is 17.6 Å². The van der Waals surface area contributed by atoms with Crippen LogP contribution in [0.5, 0.6) is 5.75 Å². The molecular formula is C13H22N2O2. The molecular weight excluding hydrogens is 216 g/mol. The van der Waals surface area contributed by atoms with Crippen LogP contribution in [0.25, 0.3) is 0 Å². The Morgan fingerprint density at radius 3 is 2.71 bits per heavy atom. The van der Waals surface area contributed by atoms with Crippen molar-refractivity contribution in [2.24, 2.45) is 0 Å². The molecule has 0 bridgehead atoms. The van der Waals surface area contributed by atoms with Crippen molar-refractivity contribution in [2.75, 3.05) is 26.1 Å². The van der Waals surface area contributed by atoms with Crippen LogP contribution in [0.4, 0.5) is 5.69 Å². The molecule has 1 aromatic carbocycles. The standard InChI is InChI=1S/C13H22N2O2/c1-9-5-11(6-12(14-3)13(9)16)7-15-10(2)8-17-4/h5-6,10,14-16H,7-8H2,1-4H3/t10-/m1/s1. The minimum atomic E-state index is 0.312. The summed E-state index contributed by atoms with van der Waals surface area (Å²) in [6.45, 7) is 5.43. The van der Waals surface area contributed by atoms with Crippen LogP contribution in [0.1, 0.15) is 18.1 Å². The Morgan fingerprint density at radius 2 is 2.12 bits per heavy atom. The number of phenolic OH excluding ortho intramolecular Hbond substituents is 1. The molecule has 0 radical (unpaired) electrons. The van der Waals surface area contributed by atoms with Gasteiger partial charge in [-0.05, 0) is 31.0 Å². The van der Waals surface area contributed by atoms with Crippen molar-refractivity contribution in [2.45, 2.75) is 26.4 Å². The number of aryl methyl sites for hydroxylation is 1. The van der Waals surface area contributed by atoms with Gasteiger partial charge in [-0.1, -0.05) is 6.07 Å². The largest absolute Gasteiger partial charge is 0.506 e. The fraction of sp³-hybridized carbons (Fsp3) is 0.538. The number of methoxy groups -OCH3 is 1. The third-order valence-electron chi connectivity index (χ3n) is 2.70. The molecule has 0 aliphatic carbocycles. The SMILES string of the molecule is CNc1cc(CN[C@H](C)COC)cc(C)c1O. The predicted molar refractivity (Wildman–Crippen MR) is 70.6 cm³/mol. The highest BCUT2D eigenvalue weighted by molar-refractivity contribution is 5.60. The molecule has 1 aromatic rings. The van der Waals surface area contributed by atoms with Gasteiger partial charge in [-0.25, -0.2) is 0 Å². The number of anilines is 1. The number of hydrogen-bond acceptors (Lipinski definition) is 4. The van der Waals surface area contributed by atoms with E-state index in [4.69, 9.17) is 4.74 Å². The summed E-state index contributed by atoms with van der Waals surface area (Å²) in [5.41, 5.74) is 2.79. The monoisotopic (exact) mass is 238 g/mol. The Labute approximate surface area is 103 Å². The third kappa shape index (κ3) is 3.91. The summed E-state index contributed by atoms with van der Waals surface area (Å²) in [7, 11) is 3.50. The molecule has 4 heteroatoms. The number of phenols is 1. The smallest absolute Gasteiger partial charge is 0.141 e. The number of benzene rings is 1. The van der Waals surface area contributed by atoms with Crippen LogP contribution in [0, 0.1) is 6.92 Å². The average molecular weight is 238 g/mol. The predicted octanol–water partition coefficient (Wildman–Crippen LogP) is 1.87. The number of aromatic hydroxyl groups is 1. The summed E-state index contributed by atoms with van der Waals surface area (Å²) in [6.07, 6.45) is 0. The van der Waals surface area contributed by atoms with E-state index in [-0.39, 0.29) is 0 Å². The van der Waals surface area contributed by atoms with Crippen LogP contribution in [-0.2, 0) is 11.3 Å². The van der Waals surface area contributed by atoms with E-state index in [0.717, 1.165) is 23.4 Å². The van der Waals surface area contributed by atoms with Gasteiger partial charge in [-0.15, -0.1) is 0 Å². The van der Waals surface area contributed by atoms with Crippen LogP contribution in [-0.4, -0.2) is 31.9 Å². The first-order chi connectivity index (χ1) is 8.08. The van der Waals surface area contributed by atoms with Crippen molar-refractivity contribution in [1.29, 1.82) is 0 Å². The van der Waals surface area contributed by atoms with Crippen LogP contribution < -0.4 is 10.6 Å². The molecule has 0 amide bonds. The average Bonchev–Trinajstić information content (AvgIpc) is 2.31. The van der Waals surface area contributed by atoms with E-state index < -0.39 is 0 Å². The second-order valence-corrected chi connectivity index (χ2v) is 4.30. The number of ether oxygens (including phenoxy) is 1. The molecule has 0 aliphatic heterocycles. The van der Waals surface area contributed by atoms with E-state index in [1.807, 2.05) is 19.1 Å². The van der Waals surface area contributed by atoms with Gasteiger partial charge in [0.25, 0.3) is 0 Å². The molecule has 17 heavy (non-hydrogen) atoms. The minimum Gasteiger partial charge on any atom is -0.506 e. The van der Waals surface area contributed by atoms with Crippen LogP contribution >= 0.6 is 0 Å². The van der Waals surface area contributed by atoms with Gasteiger partial charge in [0, 0.05) is 26.7 Å². The molecule has 0 spiro atoms. The zero-order valence-electron chi connectivity index (χ0n) is 11.0. The van der Waals surface area contributed by atoms with Gasteiger partial charge in [-0.2, -0.15) is 0 Å². The van der Waals surface area contributed by atoms with Crippen molar-refractivity contribution in [3.63, 3.8) is 0 Å². The molecule has 0 heterocycles. The lowest BCUT2D eigenvalue weighted by Gasteiger charge is -2.14. The van der Waals surface area contributed by atoms with Crippen molar-refractivity contribution in [3.8, 4) is 5.75 Å². The molecule has 96 valence electrons. The Kier molecular flexibility index (Phi) is 5.25. The van der Waals surface area contributed by atoms with Crippen LogP contribution in [0.2, 0.25) is 0 Å². The first-order valence-electron chi connectivity index (χ1n) is 5.81. The zero-order chi connectivity index (χ0) is 12.8. The van der Waals surface area contributed by atoms with E-state index >= 15 is 0 Å². The molecule has 0 aromatic heterocycles. The molecule has 0 fully saturated rings. The lowest BCUT2D eigenvalue weighted by molar-refractivity contribution is 0.171. The van der Waals surface area contributed by atoms with Gasteiger partial charge in [-0.3, -0.25) is 0 Å². The summed E-state index contributed by atoms with van der Waals surface area (Å²) in [5.74, 6) is 0.321. The fourth-order valence-corrected chi connectivity index (χ4v) is 1.75. The number of hydrogen-bond donors (Lipinski definition) is 3.